The monoisotopic (exact) mass is 228 g/mol. The maximum absolute atomic E-state index is 5.56. The fraction of sp³-hybridized carbons (Fsp3) is 0.455. The van der Waals surface area contributed by atoms with E-state index in [9.17, 15) is 0 Å². The topological polar surface area (TPSA) is 38.5 Å². The first-order valence-corrected chi connectivity index (χ1v) is 4.97. The standard InChI is InChI=1S/C11H16N2O.ClH/c1-14-10-2-3-11-9(8-10)4-6-13(11)7-5-12;/h2-3,8H,4-7,12H2,1H3;1H. The van der Waals surface area contributed by atoms with Gasteiger partial charge in [-0.1, -0.05) is 0 Å². The Bertz CT molecular complexity index is 330. The maximum Gasteiger partial charge on any atom is 0.119 e. The number of methoxy groups -OCH3 is 1. The average Bonchev–Trinajstić information content (AvgIpc) is 2.61. The highest BCUT2D eigenvalue weighted by atomic mass is 35.5. The van der Waals surface area contributed by atoms with Crippen molar-refractivity contribution in [2.45, 2.75) is 6.42 Å². The minimum absolute atomic E-state index is 0. The lowest BCUT2D eigenvalue weighted by Gasteiger charge is -2.18. The number of anilines is 1. The molecule has 0 spiro atoms. The molecule has 0 fully saturated rings. The van der Waals surface area contributed by atoms with Gasteiger partial charge in [0.2, 0.25) is 0 Å². The molecule has 3 nitrogen and oxygen atoms in total. The van der Waals surface area contributed by atoms with Gasteiger partial charge in [-0.05, 0) is 30.2 Å². The van der Waals surface area contributed by atoms with Crippen LogP contribution in [0.15, 0.2) is 18.2 Å². The molecule has 1 heterocycles. The summed E-state index contributed by atoms with van der Waals surface area (Å²) in [6.07, 6.45) is 1.10. The molecule has 1 aromatic carbocycles. The summed E-state index contributed by atoms with van der Waals surface area (Å²) >= 11 is 0. The lowest BCUT2D eigenvalue weighted by atomic mass is 10.1. The molecule has 0 saturated carbocycles. The van der Waals surface area contributed by atoms with Crippen molar-refractivity contribution in [3.05, 3.63) is 23.8 Å². The van der Waals surface area contributed by atoms with Gasteiger partial charge in [0.25, 0.3) is 0 Å². The Kier molecular flexibility index (Phi) is 4.24. The number of hydrogen-bond donors (Lipinski definition) is 1. The third kappa shape index (κ3) is 2.36. The van der Waals surface area contributed by atoms with Crippen LogP contribution in [0, 0.1) is 0 Å². The van der Waals surface area contributed by atoms with Gasteiger partial charge in [-0.25, -0.2) is 0 Å². The van der Waals surface area contributed by atoms with E-state index in [1.54, 1.807) is 7.11 Å². The Morgan fingerprint density at radius 3 is 2.93 bits per heavy atom. The van der Waals surface area contributed by atoms with Gasteiger partial charge >= 0.3 is 0 Å². The zero-order valence-corrected chi connectivity index (χ0v) is 9.72. The highest BCUT2D eigenvalue weighted by molar-refractivity contribution is 5.85. The van der Waals surface area contributed by atoms with E-state index in [0.717, 1.165) is 25.3 Å². The normalized spacial score (nSPS) is 13.3. The Hall–Kier alpha value is -0.930. The first-order valence-electron chi connectivity index (χ1n) is 4.97. The SMILES string of the molecule is COc1ccc2c(c1)CCN2CCN.Cl. The predicted molar refractivity (Wildman–Crippen MR) is 65.2 cm³/mol. The first-order chi connectivity index (χ1) is 6.85. The molecule has 0 unspecified atom stereocenters. The highest BCUT2D eigenvalue weighted by Gasteiger charge is 2.18. The average molecular weight is 229 g/mol. The van der Waals surface area contributed by atoms with Crippen LogP contribution in [0.25, 0.3) is 0 Å². The highest BCUT2D eigenvalue weighted by Crippen LogP contribution is 2.30. The van der Waals surface area contributed by atoms with Crippen LogP contribution in [0.5, 0.6) is 5.75 Å². The van der Waals surface area contributed by atoms with Crippen molar-refractivity contribution in [1.82, 2.24) is 0 Å². The van der Waals surface area contributed by atoms with Gasteiger partial charge in [0.15, 0.2) is 0 Å². The predicted octanol–water partition coefficient (Wildman–Crippen LogP) is 1.44. The van der Waals surface area contributed by atoms with Crippen molar-refractivity contribution in [3.8, 4) is 5.75 Å². The first kappa shape index (κ1) is 12.1. The molecular formula is C11H17ClN2O. The molecule has 1 aliphatic heterocycles. The lowest BCUT2D eigenvalue weighted by molar-refractivity contribution is 0.414. The van der Waals surface area contributed by atoms with E-state index in [4.69, 9.17) is 10.5 Å². The Labute approximate surface area is 96.6 Å². The molecule has 0 amide bonds. The summed E-state index contributed by atoms with van der Waals surface area (Å²) in [6.45, 7) is 2.74. The van der Waals surface area contributed by atoms with Crippen LogP contribution in [0.2, 0.25) is 0 Å². The molecule has 84 valence electrons. The van der Waals surface area contributed by atoms with Crippen LogP contribution < -0.4 is 15.4 Å². The van der Waals surface area contributed by atoms with Crippen LogP contribution in [0.3, 0.4) is 0 Å². The van der Waals surface area contributed by atoms with Gasteiger partial charge in [0.1, 0.15) is 5.75 Å². The fourth-order valence-corrected chi connectivity index (χ4v) is 1.96. The Morgan fingerprint density at radius 1 is 1.47 bits per heavy atom. The molecule has 4 heteroatoms. The molecule has 1 aliphatic rings. The zero-order valence-electron chi connectivity index (χ0n) is 8.90. The van der Waals surface area contributed by atoms with Crippen LogP contribution in [-0.2, 0) is 6.42 Å². The second kappa shape index (κ2) is 5.24. The summed E-state index contributed by atoms with van der Waals surface area (Å²) in [6, 6.07) is 6.25. The molecule has 15 heavy (non-hydrogen) atoms. The number of hydrogen-bond acceptors (Lipinski definition) is 3. The van der Waals surface area contributed by atoms with Crippen LogP contribution in [-0.4, -0.2) is 26.7 Å². The van der Waals surface area contributed by atoms with Gasteiger partial charge in [-0.3, -0.25) is 0 Å². The van der Waals surface area contributed by atoms with Gasteiger partial charge in [0.05, 0.1) is 7.11 Å². The second-order valence-electron chi connectivity index (χ2n) is 3.52. The number of benzene rings is 1. The number of fused-ring (bicyclic) bond motifs is 1. The van der Waals surface area contributed by atoms with Crippen molar-refractivity contribution in [2.24, 2.45) is 5.73 Å². The van der Waals surface area contributed by atoms with E-state index in [1.807, 2.05) is 6.07 Å². The maximum atomic E-state index is 5.56. The molecule has 0 aromatic heterocycles. The molecule has 2 N–H and O–H groups in total. The van der Waals surface area contributed by atoms with Crippen molar-refractivity contribution < 1.29 is 4.74 Å². The summed E-state index contributed by atoms with van der Waals surface area (Å²) in [7, 11) is 1.70. The summed E-state index contributed by atoms with van der Waals surface area (Å²) in [5.41, 5.74) is 8.24. The van der Waals surface area contributed by atoms with Gasteiger partial charge < -0.3 is 15.4 Å². The van der Waals surface area contributed by atoms with E-state index in [1.165, 1.54) is 11.3 Å². The third-order valence-corrected chi connectivity index (χ3v) is 2.68. The molecule has 0 atom stereocenters. The second-order valence-corrected chi connectivity index (χ2v) is 3.52. The van der Waals surface area contributed by atoms with Crippen LogP contribution in [0.1, 0.15) is 5.56 Å². The van der Waals surface area contributed by atoms with Gasteiger partial charge in [-0.2, -0.15) is 0 Å². The van der Waals surface area contributed by atoms with Crippen molar-refractivity contribution in [1.29, 1.82) is 0 Å². The number of ether oxygens (including phenoxy) is 1. The van der Waals surface area contributed by atoms with Crippen molar-refractivity contribution in [2.75, 3.05) is 31.6 Å². The minimum atomic E-state index is 0. The zero-order chi connectivity index (χ0) is 9.97. The summed E-state index contributed by atoms with van der Waals surface area (Å²) in [5, 5.41) is 0. The Balaban J connectivity index is 0.00000112. The molecule has 1 aromatic rings. The quantitative estimate of drug-likeness (QED) is 0.851. The van der Waals surface area contributed by atoms with E-state index < -0.39 is 0 Å². The number of rotatable bonds is 3. The molecule has 0 saturated heterocycles. The largest absolute Gasteiger partial charge is 0.497 e. The Morgan fingerprint density at radius 2 is 2.27 bits per heavy atom. The number of halogens is 1. The van der Waals surface area contributed by atoms with E-state index in [0.29, 0.717) is 6.54 Å². The van der Waals surface area contributed by atoms with Gasteiger partial charge in [0, 0.05) is 25.3 Å². The summed E-state index contributed by atoms with van der Waals surface area (Å²) in [5.74, 6) is 0.943. The fourth-order valence-electron chi connectivity index (χ4n) is 1.96. The number of nitrogens with two attached hydrogens (primary N) is 1. The molecule has 0 aliphatic carbocycles. The molecular weight excluding hydrogens is 212 g/mol. The summed E-state index contributed by atoms with van der Waals surface area (Å²) < 4.78 is 5.19. The van der Waals surface area contributed by atoms with E-state index in [2.05, 4.69) is 17.0 Å². The molecule has 0 bridgehead atoms. The summed E-state index contributed by atoms with van der Waals surface area (Å²) in [4.78, 5) is 2.33. The van der Waals surface area contributed by atoms with Crippen LogP contribution in [0.4, 0.5) is 5.69 Å². The lowest BCUT2D eigenvalue weighted by Crippen LogP contribution is -2.27. The minimum Gasteiger partial charge on any atom is -0.497 e. The van der Waals surface area contributed by atoms with Crippen molar-refractivity contribution >= 4 is 18.1 Å². The van der Waals surface area contributed by atoms with Crippen LogP contribution >= 0.6 is 12.4 Å². The van der Waals surface area contributed by atoms with Gasteiger partial charge in [-0.15, -0.1) is 12.4 Å². The van der Waals surface area contributed by atoms with E-state index >= 15 is 0 Å². The molecule has 2 rings (SSSR count). The van der Waals surface area contributed by atoms with Crippen molar-refractivity contribution in [3.63, 3.8) is 0 Å². The smallest absolute Gasteiger partial charge is 0.119 e. The third-order valence-electron chi connectivity index (χ3n) is 2.68. The number of nitrogens with zero attached hydrogens (tertiary/aromatic N) is 1. The van der Waals surface area contributed by atoms with E-state index in [-0.39, 0.29) is 12.4 Å². The molecule has 0 radical (unpaired) electrons.